The number of amides is 2. The van der Waals surface area contributed by atoms with E-state index in [2.05, 4.69) is 5.32 Å². The van der Waals surface area contributed by atoms with E-state index in [0.29, 0.717) is 23.8 Å². The van der Waals surface area contributed by atoms with E-state index in [1.807, 2.05) is 44.2 Å². The first kappa shape index (κ1) is 20.0. The van der Waals surface area contributed by atoms with Gasteiger partial charge in [0.05, 0.1) is 0 Å². The molecule has 0 radical (unpaired) electrons. The van der Waals surface area contributed by atoms with Crippen molar-refractivity contribution in [2.75, 3.05) is 11.9 Å². The van der Waals surface area contributed by atoms with Crippen LogP contribution >= 0.6 is 11.6 Å². The van der Waals surface area contributed by atoms with Crippen molar-refractivity contribution in [2.24, 2.45) is 5.41 Å². The lowest BCUT2D eigenvalue weighted by atomic mass is 9.89. The van der Waals surface area contributed by atoms with Crippen molar-refractivity contribution in [2.45, 2.75) is 34.2 Å². The fourth-order valence-electron chi connectivity index (χ4n) is 2.67. The van der Waals surface area contributed by atoms with Crippen LogP contribution in [-0.2, 0) is 16.1 Å². The monoisotopic (exact) mass is 372 g/mol. The van der Waals surface area contributed by atoms with Gasteiger partial charge in [0.15, 0.2) is 0 Å². The number of benzene rings is 2. The number of hydrogen-bond acceptors (Lipinski definition) is 2. The van der Waals surface area contributed by atoms with Gasteiger partial charge in [0.1, 0.15) is 5.41 Å². The number of carbonyl (C=O) groups is 2. The molecule has 26 heavy (non-hydrogen) atoms. The van der Waals surface area contributed by atoms with Crippen LogP contribution in [0.25, 0.3) is 0 Å². The summed E-state index contributed by atoms with van der Waals surface area (Å²) in [5.41, 5.74) is 1.36. The average molecular weight is 373 g/mol. The summed E-state index contributed by atoms with van der Waals surface area (Å²) >= 11 is 5.96. The smallest absolute Gasteiger partial charge is 0.239 e. The van der Waals surface area contributed by atoms with Gasteiger partial charge in [-0.15, -0.1) is 0 Å². The van der Waals surface area contributed by atoms with Crippen LogP contribution in [0.4, 0.5) is 5.69 Å². The summed E-state index contributed by atoms with van der Waals surface area (Å²) in [5.74, 6) is -0.535. The number of nitrogens with zero attached hydrogens (tertiary/aromatic N) is 1. The molecule has 0 fully saturated rings. The SMILES string of the molecule is CCN(Cc1ccccc1)C(=O)C(C)(C)C(=O)Nc1ccc(Cl)cc1C. The normalized spacial score (nSPS) is 11.1. The van der Waals surface area contributed by atoms with Crippen LogP contribution in [-0.4, -0.2) is 23.3 Å². The molecule has 0 aliphatic heterocycles. The van der Waals surface area contributed by atoms with Crippen LogP contribution < -0.4 is 5.32 Å². The molecule has 0 aromatic heterocycles. The minimum absolute atomic E-state index is 0.201. The number of aryl methyl sites for hydroxylation is 1. The Balaban J connectivity index is 2.15. The molecule has 2 rings (SSSR count). The quantitative estimate of drug-likeness (QED) is 0.749. The molecule has 4 nitrogen and oxygen atoms in total. The molecule has 0 bridgehead atoms. The maximum absolute atomic E-state index is 13.0. The van der Waals surface area contributed by atoms with Crippen molar-refractivity contribution >= 4 is 29.1 Å². The first-order valence-corrected chi connectivity index (χ1v) is 9.04. The summed E-state index contributed by atoms with van der Waals surface area (Å²) in [5, 5.41) is 3.46. The molecule has 0 atom stereocenters. The van der Waals surface area contributed by atoms with Gasteiger partial charge in [-0.2, -0.15) is 0 Å². The first-order valence-electron chi connectivity index (χ1n) is 8.66. The molecular weight excluding hydrogens is 348 g/mol. The van der Waals surface area contributed by atoms with Crippen molar-refractivity contribution in [1.29, 1.82) is 0 Å². The summed E-state index contributed by atoms with van der Waals surface area (Å²) < 4.78 is 0. The molecule has 0 saturated carbocycles. The highest BCUT2D eigenvalue weighted by Crippen LogP contribution is 2.25. The van der Waals surface area contributed by atoms with Gasteiger partial charge in [-0.3, -0.25) is 9.59 Å². The predicted octanol–water partition coefficient (Wildman–Crippen LogP) is 4.66. The van der Waals surface area contributed by atoms with E-state index < -0.39 is 5.41 Å². The van der Waals surface area contributed by atoms with E-state index >= 15 is 0 Å². The topological polar surface area (TPSA) is 49.4 Å². The van der Waals surface area contributed by atoms with Crippen LogP contribution in [0.5, 0.6) is 0 Å². The van der Waals surface area contributed by atoms with E-state index in [-0.39, 0.29) is 11.8 Å². The first-order chi connectivity index (χ1) is 12.3. The van der Waals surface area contributed by atoms with Crippen molar-refractivity contribution in [1.82, 2.24) is 4.90 Å². The highest BCUT2D eigenvalue weighted by atomic mass is 35.5. The fourth-order valence-corrected chi connectivity index (χ4v) is 2.90. The van der Waals surface area contributed by atoms with E-state index in [0.717, 1.165) is 11.1 Å². The Bertz CT molecular complexity index is 788. The van der Waals surface area contributed by atoms with Crippen molar-refractivity contribution in [3.8, 4) is 0 Å². The van der Waals surface area contributed by atoms with Crippen molar-refractivity contribution in [3.63, 3.8) is 0 Å². The Hall–Kier alpha value is -2.33. The molecule has 0 aliphatic carbocycles. The molecule has 0 heterocycles. The molecular formula is C21H25ClN2O2. The molecule has 0 aliphatic rings. The molecule has 1 N–H and O–H groups in total. The summed E-state index contributed by atoms with van der Waals surface area (Å²) in [7, 11) is 0. The van der Waals surface area contributed by atoms with E-state index in [4.69, 9.17) is 11.6 Å². The maximum atomic E-state index is 13.0. The van der Waals surface area contributed by atoms with Crippen LogP contribution in [0.15, 0.2) is 48.5 Å². The summed E-state index contributed by atoms with van der Waals surface area (Å²) in [6.07, 6.45) is 0. The van der Waals surface area contributed by atoms with Crippen LogP contribution in [0.3, 0.4) is 0 Å². The molecule has 0 saturated heterocycles. The highest BCUT2D eigenvalue weighted by Gasteiger charge is 2.39. The molecule has 2 amide bonds. The molecule has 0 unspecified atom stereocenters. The third-order valence-corrected chi connectivity index (χ3v) is 4.66. The number of hydrogen-bond donors (Lipinski definition) is 1. The second kappa shape index (κ2) is 8.37. The standard InChI is InChI=1S/C21H25ClN2O2/c1-5-24(14-16-9-7-6-8-10-16)20(26)21(3,4)19(25)23-18-12-11-17(22)13-15(18)2/h6-13H,5,14H2,1-4H3,(H,23,25). The average Bonchev–Trinajstić information content (AvgIpc) is 2.62. The van der Waals surface area contributed by atoms with E-state index in [1.54, 1.807) is 36.9 Å². The summed E-state index contributed by atoms with van der Waals surface area (Å²) in [4.78, 5) is 27.5. The number of nitrogens with one attached hydrogen (secondary N) is 1. The zero-order valence-electron chi connectivity index (χ0n) is 15.7. The van der Waals surface area contributed by atoms with Crippen LogP contribution in [0.1, 0.15) is 31.9 Å². The van der Waals surface area contributed by atoms with Gasteiger partial charge < -0.3 is 10.2 Å². The van der Waals surface area contributed by atoms with E-state index in [9.17, 15) is 9.59 Å². The van der Waals surface area contributed by atoms with Gasteiger partial charge in [-0.05, 0) is 57.0 Å². The third-order valence-electron chi connectivity index (χ3n) is 4.42. The summed E-state index contributed by atoms with van der Waals surface area (Å²) in [6, 6.07) is 15.0. The van der Waals surface area contributed by atoms with Crippen molar-refractivity contribution in [3.05, 3.63) is 64.7 Å². The van der Waals surface area contributed by atoms with Crippen molar-refractivity contribution < 1.29 is 9.59 Å². The number of carbonyl (C=O) groups excluding carboxylic acids is 2. The largest absolute Gasteiger partial charge is 0.338 e. The highest BCUT2D eigenvalue weighted by molar-refractivity contribution is 6.30. The number of rotatable bonds is 6. The lowest BCUT2D eigenvalue weighted by Gasteiger charge is -2.30. The second-order valence-corrected chi connectivity index (χ2v) is 7.28. The van der Waals surface area contributed by atoms with E-state index in [1.165, 1.54) is 0 Å². The minimum Gasteiger partial charge on any atom is -0.338 e. The molecule has 138 valence electrons. The van der Waals surface area contributed by atoms with Gasteiger partial charge in [-0.25, -0.2) is 0 Å². The molecule has 0 spiro atoms. The Morgan fingerprint density at radius 2 is 1.77 bits per heavy atom. The Kier molecular flexibility index (Phi) is 6.43. The lowest BCUT2D eigenvalue weighted by Crippen LogP contribution is -2.47. The zero-order valence-corrected chi connectivity index (χ0v) is 16.4. The Labute approximate surface area is 160 Å². The second-order valence-electron chi connectivity index (χ2n) is 6.84. The minimum atomic E-state index is -1.18. The lowest BCUT2D eigenvalue weighted by molar-refractivity contribution is -0.146. The van der Waals surface area contributed by atoms with Crippen LogP contribution in [0.2, 0.25) is 5.02 Å². The van der Waals surface area contributed by atoms with Gasteiger partial charge in [-0.1, -0.05) is 41.9 Å². The van der Waals surface area contributed by atoms with Gasteiger partial charge >= 0.3 is 0 Å². The third kappa shape index (κ3) is 4.64. The maximum Gasteiger partial charge on any atom is 0.239 e. The van der Waals surface area contributed by atoms with Gasteiger partial charge in [0, 0.05) is 23.8 Å². The van der Waals surface area contributed by atoms with Gasteiger partial charge in [0.25, 0.3) is 0 Å². The predicted molar refractivity (Wildman–Crippen MR) is 106 cm³/mol. The zero-order chi connectivity index (χ0) is 19.3. The molecule has 2 aromatic carbocycles. The molecule has 5 heteroatoms. The number of anilines is 1. The van der Waals surface area contributed by atoms with Gasteiger partial charge in [0.2, 0.25) is 11.8 Å². The summed E-state index contributed by atoms with van der Waals surface area (Å²) in [6.45, 7) is 8.10. The molecule has 2 aromatic rings. The number of halogens is 1. The van der Waals surface area contributed by atoms with Crippen LogP contribution in [0, 0.1) is 12.3 Å². The Morgan fingerprint density at radius 3 is 2.35 bits per heavy atom. The Morgan fingerprint density at radius 1 is 1.12 bits per heavy atom. The fraction of sp³-hybridized carbons (Fsp3) is 0.333.